The molecule has 0 radical (unpaired) electrons. The van der Waals surface area contributed by atoms with E-state index in [1.165, 1.54) is 27.5 Å². The third-order valence-corrected chi connectivity index (χ3v) is 4.46. The minimum atomic E-state index is -0.373. The fraction of sp³-hybridized carbons (Fsp3) is 0.111. The zero-order valence-corrected chi connectivity index (χ0v) is 14.7. The van der Waals surface area contributed by atoms with E-state index in [4.69, 9.17) is 0 Å². The van der Waals surface area contributed by atoms with Gasteiger partial charge >= 0.3 is 0 Å². The van der Waals surface area contributed by atoms with Gasteiger partial charge in [-0.05, 0) is 30.3 Å². The summed E-state index contributed by atoms with van der Waals surface area (Å²) in [4.78, 5) is 26.2. The molecule has 138 valence electrons. The van der Waals surface area contributed by atoms with Crippen molar-refractivity contribution in [3.63, 3.8) is 0 Å². The van der Waals surface area contributed by atoms with Crippen LogP contribution in [0.3, 0.4) is 0 Å². The first kappa shape index (κ1) is 16.2. The summed E-state index contributed by atoms with van der Waals surface area (Å²) < 4.78 is 16.2. The van der Waals surface area contributed by atoms with Crippen LogP contribution in [0.1, 0.15) is 12.7 Å². The van der Waals surface area contributed by atoms with Crippen LogP contribution in [0.25, 0.3) is 33.9 Å². The van der Waals surface area contributed by atoms with Crippen LogP contribution in [-0.2, 0) is 6.42 Å². The Bertz CT molecular complexity index is 1380. The topological polar surface area (TPSA) is 107 Å². The fourth-order valence-corrected chi connectivity index (χ4v) is 3.11. The van der Waals surface area contributed by atoms with Crippen LogP contribution in [-0.4, -0.2) is 39.3 Å². The number of rotatable bonds is 3. The fourth-order valence-electron chi connectivity index (χ4n) is 3.11. The number of H-pyrrole nitrogens is 1. The van der Waals surface area contributed by atoms with Crippen molar-refractivity contribution in [2.24, 2.45) is 0 Å². The third kappa shape index (κ3) is 2.38. The highest BCUT2D eigenvalue weighted by Crippen LogP contribution is 2.26. The lowest BCUT2D eigenvalue weighted by atomic mass is 10.1. The maximum Gasteiger partial charge on any atom is 0.269 e. The van der Waals surface area contributed by atoms with E-state index in [1.807, 2.05) is 6.92 Å². The molecule has 0 saturated heterocycles. The molecule has 0 bridgehead atoms. The summed E-state index contributed by atoms with van der Waals surface area (Å²) in [6, 6.07) is 7.53. The number of hydrogen-bond donors (Lipinski definition) is 1. The lowest BCUT2D eigenvalue weighted by molar-refractivity contribution is 0.628. The summed E-state index contributed by atoms with van der Waals surface area (Å²) >= 11 is 0. The lowest BCUT2D eigenvalue weighted by Crippen LogP contribution is -2.21. The highest BCUT2D eigenvalue weighted by atomic mass is 19.1. The first-order chi connectivity index (χ1) is 13.7. The van der Waals surface area contributed by atoms with E-state index in [1.54, 1.807) is 24.4 Å². The van der Waals surface area contributed by atoms with Crippen LogP contribution in [0.5, 0.6) is 0 Å². The smallest absolute Gasteiger partial charge is 0.268 e. The van der Waals surface area contributed by atoms with Crippen molar-refractivity contribution in [2.75, 3.05) is 0 Å². The molecular weight excluding hydrogens is 363 g/mol. The van der Waals surface area contributed by atoms with Gasteiger partial charge in [0.05, 0.1) is 16.6 Å². The molecule has 5 aromatic rings. The number of aromatic nitrogens is 8. The van der Waals surface area contributed by atoms with Crippen molar-refractivity contribution in [2.45, 2.75) is 13.3 Å². The Morgan fingerprint density at radius 2 is 1.96 bits per heavy atom. The SMILES string of the molecule is CCc1nc(-n2ccc3nc4ncnn4c(-c4ccc(F)cc4)c3c2=O)n[nH]1. The van der Waals surface area contributed by atoms with E-state index >= 15 is 0 Å². The molecule has 0 aliphatic rings. The molecule has 0 unspecified atom stereocenters. The number of pyridine rings is 1. The molecular formula is C18H13FN8O. The van der Waals surface area contributed by atoms with Crippen LogP contribution in [0, 0.1) is 5.82 Å². The van der Waals surface area contributed by atoms with Gasteiger partial charge in [-0.3, -0.25) is 9.89 Å². The molecule has 4 heterocycles. The number of benzene rings is 1. The van der Waals surface area contributed by atoms with Gasteiger partial charge < -0.3 is 0 Å². The molecule has 0 atom stereocenters. The van der Waals surface area contributed by atoms with Crippen LogP contribution in [0.2, 0.25) is 0 Å². The van der Waals surface area contributed by atoms with Crippen LogP contribution < -0.4 is 5.56 Å². The second-order valence-electron chi connectivity index (χ2n) is 6.13. The van der Waals surface area contributed by atoms with Gasteiger partial charge in [-0.2, -0.15) is 19.6 Å². The Morgan fingerprint density at radius 3 is 2.71 bits per heavy atom. The molecule has 0 spiro atoms. The van der Waals surface area contributed by atoms with Crippen molar-refractivity contribution >= 4 is 16.7 Å². The molecule has 1 aromatic carbocycles. The maximum absolute atomic E-state index is 13.4. The molecule has 0 amide bonds. The summed E-state index contributed by atoms with van der Waals surface area (Å²) in [6.07, 6.45) is 3.59. The molecule has 5 rings (SSSR count). The number of hydrogen-bond acceptors (Lipinski definition) is 6. The molecule has 0 aliphatic heterocycles. The van der Waals surface area contributed by atoms with Crippen LogP contribution >= 0.6 is 0 Å². The number of nitrogens with one attached hydrogen (secondary N) is 1. The number of nitrogens with zero attached hydrogens (tertiary/aromatic N) is 7. The van der Waals surface area contributed by atoms with Gasteiger partial charge in [0, 0.05) is 18.2 Å². The standard InChI is InChI=1S/C18H13FN8O/c1-2-13-23-18(25-24-13)26-8-7-12-14(16(26)28)15(10-3-5-11(19)6-4-10)27-17(22-12)20-9-21-27/h3-9H,2H2,1H3,(H,23,24,25). The summed E-state index contributed by atoms with van der Waals surface area (Å²) in [5.41, 5.74) is 1.18. The number of aromatic amines is 1. The van der Waals surface area contributed by atoms with E-state index in [9.17, 15) is 9.18 Å². The molecule has 4 aromatic heterocycles. The predicted octanol–water partition coefficient (Wildman–Crippen LogP) is 1.91. The van der Waals surface area contributed by atoms with E-state index in [0.717, 1.165) is 0 Å². The number of fused-ring (bicyclic) bond motifs is 2. The normalized spacial score (nSPS) is 11.5. The zero-order chi connectivity index (χ0) is 19.3. The van der Waals surface area contributed by atoms with Gasteiger partial charge in [0.15, 0.2) is 0 Å². The van der Waals surface area contributed by atoms with E-state index in [-0.39, 0.29) is 17.3 Å². The van der Waals surface area contributed by atoms with Crippen molar-refractivity contribution in [3.8, 4) is 17.2 Å². The third-order valence-electron chi connectivity index (χ3n) is 4.46. The van der Waals surface area contributed by atoms with Gasteiger partial charge in [0.2, 0.25) is 0 Å². The quantitative estimate of drug-likeness (QED) is 0.516. The van der Waals surface area contributed by atoms with Crippen molar-refractivity contribution in [1.29, 1.82) is 0 Å². The molecule has 0 aliphatic carbocycles. The summed E-state index contributed by atoms with van der Waals surface area (Å²) in [7, 11) is 0. The number of aryl methyl sites for hydroxylation is 1. The summed E-state index contributed by atoms with van der Waals surface area (Å²) in [5.74, 6) is 0.885. The summed E-state index contributed by atoms with van der Waals surface area (Å²) in [6.45, 7) is 1.94. The first-order valence-corrected chi connectivity index (χ1v) is 8.58. The Balaban J connectivity index is 1.88. The Labute approximate surface area is 156 Å². The summed E-state index contributed by atoms with van der Waals surface area (Å²) in [5, 5.41) is 11.4. The van der Waals surface area contributed by atoms with E-state index < -0.39 is 0 Å². The van der Waals surface area contributed by atoms with Crippen molar-refractivity contribution in [1.82, 2.24) is 39.3 Å². The highest BCUT2D eigenvalue weighted by molar-refractivity contribution is 5.93. The molecule has 0 saturated carbocycles. The molecule has 0 fully saturated rings. The second-order valence-corrected chi connectivity index (χ2v) is 6.13. The Morgan fingerprint density at radius 1 is 1.14 bits per heavy atom. The maximum atomic E-state index is 13.4. The first-order valence-electron chi connectivity index (χ1n) is 8.58. The zero-order valence-electron chi connectivity index (χ0n) is 14.7. The molecule has 10 heteroatoms. The molecule has 28 heavy (non-hydrogen) atoms. The van der Waals surface area contributed by atoms with E-state index in [0.29, 0.717) is 40.2 Å². The second kappa shape index (κ2) is 6.05. The van der Waals surface area contributed by atoms with Crippen LogP contribution in [0.4, 0.5) is 4.39 Å². The van der Waals surface area contributed by atoms with Crippen molar-refractivity contribution < 1.29 is 4.39 Å². The van der Waals surface area contributed by atoms with Crippen molar-refractivity contribution in [3.05, 3.63) is 64.9 Å². The van der Waals surface area contributed by atoms with Gasteiger partial charge in [-0.25, -0.2) is 13.9 Å². The van der Waals surface area contributed by atoms with E-state index in [2.05, 4.69) is 30.2 Å². The number of halogens is 1. The Kier molecular flexibility index (Phi) is 3.51. The highest BCUT2D eigenvalue weighted by Gasteiger charge is 2.18. The molecule has 1 N–H and O–H groups in total. The minimum Gasteiger partial charge on any atom is -0.268 e. The monoisotopic (exact) mass is 376 g/mol. The average molecular weight is 376 g/mol. The van der Waals surface area contributed by atoms with Gasteiger partial charge in [-0.15, -0.1) is 5.10 Å². The van der Waals surface area contributed by atoms with Gasteiger partial charge in [0.25, 0.3) is 17.3 Å². The Hall–Kier alpha value is -3.95. The largest absolute Gasteiger partial charge is 0.269 e. The van der Waals surface area contributed by atoms with Gasteiger partial charge in [-0.1, -0.05) is 6.92 Å². The average Bonchev–Trinajstić information content (AvgIpc) is 3.36. The lowest BCUT2D eigenvalue weighted by Gasteiger charge is -2.10. The minimum absolute atomic E-state index is 0.243. The molecule has 9 nitrogen and oxygen atoms in total. The predicted molar refractivity (Wildman–Crippen MR) is 98.6 cm³/mol. The van der Waals surface area contributed by atoms with Gasteiger partial charge in [0.1, 0.15) is 18.0 Å². The van der Waals surface area contributed by atoms with Crippen LogP contribution in [0.15, 0.2) is 47.7 Å².